The number of amides is 2. The van der Waals surface area contributed by atoms with Crippen molar-refractivity contribution in [3.05, 3.63) is 0 Å². The number of hydrogen-bond acceptors (Lipinski definition) is 2. The molecule has 1 atom stereocenters. The zero-order valence-electron chi connectivity index (χ0n) is 10.6. The molecule has 0 spiro atoms. The van der Waals surface area contributed by atoms with Gasteiger partial charge in [-0.3, -0.25) is 4.79 Å². The van der Waals surface area contributed by atoms with Crippen molar-refractivity contribution in [2.24, 2.45) is 11.8 Å². The summed E-state index contributed by atoms with van der Waals surface area (Å²) < 4.78 is 0. The van der Waals surface area contributed by atoms with Crippen molar-refractivity contribution >= 4 is 12.0 Å². The van der Waals surface area contributed by atoms with Gasteiger partial charge in [0.05, 0.1) is 0 Å². The molecule has 1 fully saturated rings. The first kappa shape index (κ1) is 13.8. The van der Waals surface area contributed by atoms with Crippen LogP contribution in [0.4, 0.5) is 4.79 Å². The monoisotopic (exact) mass is 242 g/mol. The van der Waals surface area contributed by atoms with Crippen molar-refractivity contribution in [3.8, 4) is 0 Å². The van der Waals surface area contributed by atoms with Crippen molar-refractivity contribution < 1.29 is 14.7 Å². The molecule has 0 radical (unpaired) electrons. The Hall–Kier alpha value is -1.26. The SMILES string of the molecule is CC(C)CNC(=O)N1CCCC(CC(=O)O)C1. The van der Waals surface area contributed by atoms with Gasteiger partial charge in [-0.05, 0) is 24.7 Å². The van der Waals surface area contributed by atoms with Crippen LogP contribution in [-0.2, 0) is 4.79 Å². The Balaban J connectivity index is 2.37. The molecule has 17 heavy (non-hydrogen) atoms. The minimum absolute atomic E-state index is 0.0613. The lowest BCUT2D eigenvalue weighted by Gasteiger charge is -2.32. The third kappa shape index (κ3) is 5.06. The van der Waals surface area contributed by atoms with E-state index in [1.54, 1.807) is 4.90 Å². The maximum absolute atomic E-state index is 11.8. The summed E-state index contributed by atoms with van der Waals surface area (Å²) >= 11 is 0. The highest BCUT2D eigenvalue weighted by Crippen LogP contribution is 2.19. The molecular formula is C12H22N2O3. The second kappa shape index (κ2) is 6.47. The number of nitrogens with one attached hydrogen (secondary N) is 1. The molecule has 0 aromatic carbocycles. The van der Waals surface area contributed by atoms with Gasteiger partial charge >= 0.3 is 12.0 Å². The van der Waals surface area contributed by atoms with Gasteiger partial charge in [-0.2, -0.15) is 0 Å². The van der Waals surface area contributed by atoms with Crippen LogP contribution < -0.4 is 5.32 Å². The van der Waals surface area contributed by atoms with Gasteiger partial charge in [0.15, 0.2) is 0 Å². The molecule has 0 aromatic rings. The lowest BCUT2D eigenvalue weighted by atomic mass is 9.95. The lowest BCUT2D eigenvalue weighted by Crippen LogP contribution is -2.46. The summed E-state index contributed by atoms with van der Waals surface area (Å²) in [5, 5.41) is 11.6. The van der Waals surface area contributed by atoms with E-state index < -0.39 is 5.97 Å². The second-order valence-corrected chi connectivity index (χ2v) is 5.13. The zero-order valence-corrected chi connectivity index (χ0v) is 10.6. The first-order valence-corrected chi connectivity index (χ1v) is 6.23. The van der Waals surface area contributed by atoms with Crippen molar-refractivity contribution in [3.63, 3.8) is 0 Å². The van der Waals surface area contributed by atoms with Crippen LogP contribution in [0.5, 0.6) is 0 Å². The minimum Gasteiger partial charge on any atom is -0.481 e. The lowest BCUT2D eigenvalue weighted by molar-refractivity contribution is -0.138. The van der Waals surface area contributed by atoms with Crippen LogP contribution >= 0.6 is 0 Å². The molecule has 1 aliphatic rings. The van der Waals surface area contributed by atoms with Crippen LogP contribution in [0.25, 0.3) is 0 Å². The van der Waals surface area contributed by atoms with E-state index in [0.717, 1.165) is 19.4 Å². The average molecular weight is 242 g/mol. The van der Waals surface area contributed by atoms with Crippen LogP contribution in [0.15, 0.2) is 0 Å². The first-order valence-electron chi connectivity index (χ1n) is 6.23. The highest BCUT2D eigenvalue weighted by atomic mass is 16.4. The van der Waals surface area contributed by atoms with E-state index in [-0.39, 0.29) is 18.4 Å². The van der Waals surface area contributed by atoms with E-state index in [2.05, 4.69) is 5.32 Å². The van der Waals surface area contributed by atoms with Gasteiger partial charge in [-0.25, -0.2) is 4.79 Å². The van der Waals surface area contributed by atoms with Gasteiger partial charge in [-0.15, -0.1) is 0 Å². The van der Waals surface area contributed by atoms with Crippen LogP contribution in [0.2, 0.25) is 0 Å². The minimum atomic E-state index is -0.778. The third-order valence-corrected chi connectivity index (χ3v) is 2.93. The predicted molar refractivity (Wildman–Crippen MR) is 64.8 cm³/mol. The summed E-state index contributed by atoms with van der Waals surface area (Å²) in [5.41, 5.74) is 0. The largest absolute Gasteiger partial charge is 0.481 e. The Morgan fingerprint density at radius 3 is 2.76 bits per heavy atom. The molecule has 0 bridgehead atoms. The summed E-state index contributed by atoms with van der Waals surface area (Å²) in [7, 11) is 0. The Kier molecular flexibility index (Phi) is 5.25. The van der Waals surface area contributed by atoms with E-state index in [1.165, 1.54) is 0 Å². The highest BCUT2D eigenvalue weighted by Gasteiger charge is 2.24. The summed E-state index contributed by atoms with van der Waals surface area (Å²) in [6.07, 6.45) is 1.96. The molecule has 2 N–H and O–H groups in total. The molecule has 0 saturated carbocycles. The molecule has 1 heterocycles. The maximum Gasteiger partial charge on any atom is 0.317 e. The number of rotatable bonds is 4. The number of urea groups is 1. The van der Waals surface area contributed by atoms with Crippen molar-refractivity contribution in [2.75, 3.05) is 19.6 Å². The quantitative estimate of drug-likeness (QED) is 0.785. The highest BCUT2D eigenvalue weighted by molar-refractivity contribution is 5.74. The predicted octanol–water partition coefficient (Wildman–Crippen LogP) is 1.54. The first-order chi connectivity index (χ1) is 7.99. The van der Waals surface area contributed by atoms with Gasteiger partial charge in [0.2, 0.25) is 0 Å². The van der Waals surface area contributed by atoms with Crippen molar-refractivity contribution in [1.29, 1.82) is 0 Å². The normalized spacial score (nSPS) is 20.4. The second-order valence-electron chi connectivity index (χ2n) is 5.13. The van der Waals surface area contributed by atoms with Gasteiger partial charge in [-0.1, -0.05) is 13.8 Å². The molecule has 1 unspecified atom stereocenters. The number of likely N-dealkylation sites (tertiary alicyclic amines) is 1. The van der Waals surface area contributed by atoms with Crippen LogP contribution in [-0.4, -0.2) is 41.6 Å². The number of hydrogen-bond donors (Lipinski definition) is 2. The molecular weight excluding hydrogens is 220 g/mol. The Labute approximate surface area is 102 Å². The van der Waals surface area contributed by atoms with Gasteiger partial charge in [0.25, 0.3) is 0 Å². The number of carbonyl (C=O) groups is 2. The smallest absolute Gasteiger partial charge is 0.317 e. The fraction of sp³-hybridized carbons (Fsp3) is 0.833. The summed E-state index contributed by atoms with van der Waals surface area (Å²) in [6, 6.07) is -0.0613. The standard InChI is InChI=1S/C12H22N2O3/c1-9(2)7-13-12(17)14-5-3-4-10(8-14)6-11(15)16/h9-10H,3-8H2,1-2H3,(H,13,17)(H,15,16). The molecule has 1 rings (SSSR count). The van der Waals surface area contributed by atoms with Gasteiger partial charge in [0.1, 0.15) is 0 Å². The van der Waals surface area contributed by atoms with Crippen LogP contribution in [0.1, 0.15) is 33.1 Å². The molecule has 5 nitrogen and oxygen atoms in total. The maximum atomic E-state index is 11.8. The molecule has 98 valence electrons. The van der Waals surface area contributed by atoms with Gasteiger partial charge in [0, 0.05) is 26.1 Å². The van der Waals surface area contributed by atoms with Crippen LogP contribution in [0, 0.1) is 11.8 Å². The molecule has 0 aliphatic carbocycles. The zero-order chi connectivity index (χ0) is 12.8. The van der Waals surface area contributed by atoms with Crippen molar-refractivity contribution in [1.82, 2.24) is 10.2 Å². The molecule has 1 saturated heterocycles. The Bertz CT molecular complexity index is 279. The average Bonchev–Trinajstić information content (AvgIpc) is 2.25. The summed E-state index contributed by atoms with van der Waals surface area (Å²) in [5.74, 6) is -0.246. The Morgan fingerprint density at radius 2 is 2.18 bits per heavy atom. The third-order valence-electron chi connectivity index (χ3n) is 2.93. The Morgan fingerprint density at radius 1 is 1.47 bits per heavy atom. The van der Waals surface area contributed by atoms with E-state index in [0.29, 0.717) is 19.0 Å². The number of carboxylic acid groups (broad SMARTS) is 1. The number of nitrogens with zero attached hydrogens (tertiary/aromatic N) is 1. The van der Waals surface area contributed by atoms with E-state index in [9.17, 15) is 9.59 Å². The van der Waals surface area contributed by atoms with E-state index in [1.807, 2.05) is 13.8 Å². The summed E-state index contributed by atoms with van der Waals surface area (Å²) in [4.78, 5) is 24.2. The molecule has 0 aromatic heterocycles. The van der Waals surface area contributed by atoms with Gasteiger partial charge < -0.3 is 15.3 Å². The fourth-order valence-electron chi connectivity index (χ4n) is 2.07. The number of aliphatic carboxylic acids is 1. The number of carboxylic acids is 1. The number of piperidine rings is 1. The molecule has 2 amide bonds. The topological polar surface area (TPSA) is 69.6 Å². The molecule has 1 aliphatic heterocycles. The van der Waals surface area contributed by atoms with Crippen molar-refractivity contribution in [2.45, 2.75) is 33.1 Å². The molecule has 5 heteroatoms. The fourth-order valence-corrected chi connectivity index (χ4v) is 2.07. The van der Waals surface area contributed by atoms with Crippen LogP contribution in [0.3, 0.4) is 0 Å². The number of carbonyl (C=O) groups excluding carboxylic acids is 1. The summed E-state index contributed by atoms with van der Waals surface area (Å²) in [6.45, 7) is 6.06. The van der Waals surface area contributed by atoms with E-state index in [4.69, 9.17) is 5.11 Å². The van der Waals surface area contributed by atoms with E-state index >= 15 is 0 Å².